The van der Waals surface area contributed by atoms with Crippen LogP contribution < -0.4 is 10.6 Å². The molecule has 0 aliphatic heterocycles. The van der Waals surface area contributed by atoms with Gasteiger partial charge in [-0.3, -0.25) is 4.99 Å². The van der Waals surface area contributed by atoms with Crippen molar-refractivity contribution in [3.8, 4) is 0 Å². The van der Waals surface area contributed by atoms with Gasteiger partial charge in [-0.05, 0) is 32.1 Å². The van der Waals surface area contributed by atoms with Gasteiger partial charge < -0.3 is 10.6 Å². The maximum atomic E-state index is 11.5. The Labute approximate surface area is 154 Å². The summed E-state index contributed by atoms with van der Waals surface area (Å²) in [5.74, 6) is 0.982. The van der Waals surface area contributed by atoms with Crippen molar-refractivity contribution in [2.75, 3.05) is 24.6 Å². The molecule has 0 saturated carbocycles. The van der Waals surface area contributed by atoms with Crippen molar-refractivity contribution in [3.63, 3.8) is 0 Å². The van der Waals surface area contributed by atoms with E-state index in [4.69, 9.17) is 0 Å². The van der Waals surface area contributed by atoms with E-state index in [0.29, 0.717) is 24.0 Å². The monoisotopic (exact) mass is 447 g/mol. The zero-order valence-corrected chi connectivity index (χ0v) is 18.0. The fourth-order valence-corrected chi connectivity index (χ4v) is 2.37. The Hall–Kier alpha value is -0.0500. The van der Waals surface area contributed by atoms with Gasteiger partial charge >= 0.3 is 0 Å². The molecule has 0 aromatic rings. The first-order chi connectivity index (χ1) is 9.59. The Morgan fingerprint density at radius 3 is 2.27 bits per heavy atom. The van der Waals surface area contributed by atoms with Gasteiger partial charge in [0.2, 0.25) is 0 Å². The molecule has 1 unspecified atom stereocenters. The van der Waals surface area contributed by atoms with Crippen molar-refractivity contribution in [2.24, 2.45) is 10.4 Å². The first-order valence-corrected chi connectivity index (χ1v) is 9.67. The van der Waals surface area contributed by atoms with Crippen LogP contribution in [0.2, 0.25) is 0 Å². The number of rotatable bonds is 8. The summed E-state index contributed by atoms with van der Waals surface area (Å²) in [6.45, 7) is 13.5. The standard InChI is InChI=1S/C15H33N3O2S.HI/c1-7-16-14(17-11-12-21(19,20)8-2)18-13(3)9-10-15(4,5)6;/h13H,7-12H2,1-6H3,(H2,16,17,18);1H. The second-order valence-corrected chi connectivity index (χ2v) is 9.11. The van der Waals surface area contributed by atoms with Crippen molar-refractivity contribution in [1.82, 2.24) is 10.6 Å². The molecule has 0 aromatic carbocycles. The van der Waals surface area contributed by atoms with Crippen LogP contribution in [0, 0.1) is 5.41 Å². The Balaban J connectivity index is 0. The largest absolute Gasteiger partial charge is 0.357 e. The summed E-state index contributed by atoms with van der Waals surface area (Å²) in [6.07, 6.45) is 2.19. The van der Waals surface area contributed by atoms with E-state index in [-0.39, 0.29) is 35.5 Å². The van der Waals surface area contributed by atoms with E-state index in [1.54, 1.807) is 6.92 Å². The smallest absolute Gasteiger partial charge is 0.191 e. The van der Waals surface area contributed by atoms with Crippen molar-refractivity contribution < 1.29 is 8.42 Å². The minimum atomic E-state index is -2.95. The third kappa shape index (κ3) is 13.6. The summed E-state index contributed by atoms with van der Waals surface area (Å²) in [6, 6.07) is 0.310. The molecule has 0 radical (unpaired) electrons. The summed E-state index contributed by atoms with van der Waals surface area (Å²) in [7, 11) is -2.95. The molecule has 0 amide bonds. The number of nitrogens with one attached hydrogen (secondary N) is 2. The highest BCUT2D eigenvalue weighted by atomic mass is 127. The van der Waals surface area contributed by atoms with Gasteiger partial charge in [0, 0.05) is 18.3 Å². The number of hydrogen-bond acceptors (Lipinski definition) is 3. The molecule has 0 bridgehead atoms. The summed E-state index contributed by atoms with van der Waals surface area (Å²) in [4.78, 5) is 4.35. The van der Waals surface area contributed by atoms with Crippen LogP contribution in [0.5, 0.6) is 0 Å². The molecule has 0 saturated heterocycles. The van der Waals surface area contributed by atoms with Crippen LogP contribution in [0.15, 0.2) is 4.99 Å². The number of aliphatic imine (C=N–C) groups is 1. The van der Waals surface area contributed by atoms with E-state index in [2.05, 4.69) is 43.3 Å². The normalized spacial score (nSPS) is 14.2. The molecule has 5 nitrogen and oxygen atoms in total. The highest BCUT2D eigenvalue weighted by Gasteiger charge is 2.13. The highest BCUT2D eigenvalue weighted by molar-refractivity contribution is 14.0. The molecule has 0 aliphatic rings. The topological polar surface area (TPSA) is 70.6 Å². The van der Waals surface area contributed by atoms with Crippen LogP contribution in [0.25, 0.3) is 0 Å². The molecule has 1 atom stereocenters. The molecule has 0 rings (SSSR count). The molecule has 0 aromatic heterocycles. The van der Waals surface area contributed by atoms with Crippen molar-refractivity contribution in [1.29, 1.82) is 0 Å². The lowest BCUT2D eigenvalue weighted by Crippen LogP contribution is -2.42. The first-order valence-electron chi connectivity index (χ1n) is 7.85. The van der Waals surface area contributed by atoms with E-state index in [1.807, 2.05) is 6.92 Å². The Kier molecular flexibility index (Phi) is 12.6. The quantitative estimate of drug-likeness (QED) is 0.341. The summed E-state index contributed by atoms with van der Waals surface area (Å²) in [5.41, 5.74) is 0.320. The predicted molar refractivity (Wildman–Crippen MR) is 107 cm³/mol. The van der Waals surface area contributed by atoms with E-state index in [9.17, 15) is 8.42 Å². The molecular weight excluding hydrogens is 413 g/mol. The van der Waals surface area contributed by atoms with Gasteiger partial charge in [0.15, 0.2) is 15.8 Å². The molecule has 0 heterocycles. The number of sulfone groups is 1. The molecule has 2 N–H and O–H groups in total. The van der Waals surface area contributed by atoms with Crippen molar-refractivity contribution in [2.45, 2.75) is 60.4 Å². The second-order valence-electron chi connectivity index (χ2n) is 6.64. The maximum absolute atomic E-state index is 11.5. The van der Waals surface area contributed by atoms with Crippen LogP contribution in [0.3, 0.4) is 0 Å². The van der Waals surface area contributed by atoms with E-state index in [1.165, 1.54) is 0 Å². The Morgan fingerprint density at radius 1 is 1.23 bits per heavy atom. The van der Waals surface area contributed by atoms with Crippen LogP contribution in [0.1, 0.15) is 54.4 Å². The van der Waals surface area contributed by atoms with E-state index < -0.39 is 9.84 Å². The average molecular weight is 447 g/mol. The molecule has 22 heavy (non-hydrogen) atoms. The van der Waals surface area contributed by atoms with Gasteiger partial charge in [0.1, 0.15) is 0 Å². The van der Waals surface area contributed by atoms with Crippen LogP contribution in [-0.4, -0.2) is 45.0 Å². The summed E-state index contributed by atoms with van der Waals surface area (Å²) < 4.78 is 22.9. The lowest BCUT2D eigenvalue weighted by atomic mass is 9.89. The zero-order chi connectivity index (χ0) is 16.5. The second kappa shape index (κ2) is 11.5. The fraction of sp³-hybridized carbons (Fsp3) is 0.933. The van der Waals surface area contributed by atoms with E-state index in [0.717, 1.165) is 19.4 Å². The number of hydrogen-bond donors (Lipinski definition) is 2. The summed E-state index contributed by atoms with van der Waals surface area (Å²) in [5, 5.41) is 6.50. The predicted octanol–water partition coefficient (Wildman–Crippen LogP) is 2.81. The zero-order valence-electron chi connectivity index (χ0n) is 14.9. The number of halogens is 1. The van der Waals surface area contributed by atoms with Crippen LogP contribution in [-0.2, 0) is 9.84 Å². The fourth-order valence-electron chi connectivity index (χ4n) is 1.72. The average Bonchev–Trinajstić information content (AvgIpc) is 2.35. The minimum absolute atomic E-state index is 0. The van der Waals surface area contributed by atoms with Crippen LogP contribution in [0.4, 0.5) is 0 Å². The third-order valence-corrected chi connectivity index (χ3v) is 4.85. The summed E-state index contributed by atoms with van der Waals surface area (Å²) >= 11 is 0. The number of nitrogens with zero attached hydrogens (tertiary/aromatic N) is 1. The Morgan fingerprint density at radius 2 is 1.82 bits per heavy atom. The lowest BCUT2D eigenvalue weighted by molar-refractivity contribution is 0.346. The van der Waals surface area contributed by atoms with Gasteiger partial charge in [-0.1, -0.05) is 27.7 Å². The molecular formula is C15H34IN3O2S. The van der Waals surface area contributed by atoms with Gasteiger partial charge in [0.25, 0.3) is 0 Å². The third-order valence-electron chi connectivity index (χ3n) is 3.17. The lowest BCUT2D eigenvalue weighted by Gasteiger charge is -2.23. The molecule has 7 heteroatoms. The minimum Gasteiger partial charge on any atom is -0.357 e. The Bertz CT molecular complexity index is 417. The van der Waals surface area contributed by atoms with Gasteiger partial charge in [-0.2, -0.15) is 0 Å². The molecule has 0 fully saturated rings. The van der Waals surface area contributed by atoms with E-state index >= 15 is 0 Å². The first kappa shape index (κ1) is 24.2. The molecule has 0 spiro atoms. The van der Waals surface area contributed by atoms with Crippen LogP contribution >= 0.6 is 24.0 Å². The SMILES string of the molecule is CCNC(=NCCS(=O)(=O)CC)NC(C)CCC(C)(C)C.I. The van der Waals surface area contributed by atoms with Gasteiger partial charge in [0.05, 0.1) is 12.3 Å². The van der Waals surface area contributed by atoms with Crippen molar-refractivity contribution >= 4 is 39.8 Å². The molecule has 0 aliphatic carbocycles. The molecule has 134 valence electrons. The van der Waals surface area contributed by atoms with Gasteiger partial charge in [-0.25, -0.2) is 8.42 Å². The maximum Gasteiger partial charge on any atom is 0.191 e. The van der Waals surface area contributed by atoms with Gasteiger partial charge in [-0.15, -0.1) is 24.0 Å². The number of guanidine groups is 1. The van der Waals surface area contributed by atoms with Crippen molar-refractivity contribution in [3.05, 3.63) is 0 Å². The highest BCUT2D eigenvalue weighted by Crippen LogP contribution is 2.21.